The molecule has 2 N–H and O–H groups in total. The standard InChI is InChI=1S/C14H16BrNO3S/c1-18-12-4-2-10(8-13(12)19-7-6-17)16-9-11-3-5-14(15)20-11/h2-5,8,16-17H,6-7,9H2,1H3. The minimum absolute atomic E-state index is 0.0238. The molecule has 20 heavy (non-hydrogen) atoms. The second-order valence-electron chi connectivity index (χ2n) is 4.00. The maximum absolute atomic E-state index is 8.83. The Kier molecular flexibility index (Phi) is 5.70. The molecule has 0 fully saturated rings. The molecule has 0 aliphatic heterocycles. The van der Waals surface area contributed by atoms with Crippen LogP contribution in [0.25, 0.3) is 0 Å². The van der Waals surface area contributed by atoms with E-state index in [4.69, 9.17) is 14.6 Å². The number of thiophene rings is 1. The predicted octanol–water partition coefficient (Wildman–Crippen LogP) is 3.50. The van der Waals surface area contributed by atoms with Crippen molar-refractivity contribution in [3.8, 4) is 11.5 Å². The van der Waals surface area contributed by atoms with Crippen molar-refractivity contribution in [3.63, 3.8) is 0 Å². The smallest absolute Gasteiger partial charge is 0.163 e. The number of aliphatic hydroxyl groups excluding tert-OH is 1. The molecule has 0 atom stereocenters. The fraction of sp³-hybridized carbons (Fsp3) is 0.286. The first-order chi connectivity index (χ1) is 9.72. The monoisotopic (exact) mass is 357 g/mol. The third kappa shape index (κ3) is 4.13. The molecule has 0 amide bonds. The Morgan fingerprint density at radius 1 is 1.25 bits per heavy atom. The zero-order valence-electron chi connectivity index (χ0n) is 11.1. The maximum Gasteiger partial charge on any atom is 0.163 e. The molecule has 6 heteroatoms. The lowest BCUT2D eigenvalue weighted by Gasteiger charge is -2.12. The van der Waals surface area contributed by atoms with E-state index in [1.54, 1.807) is 18.4 Å². The van der Waals surface area contributed by atoms with Gasteiger partial charge in [0, 0.05) is 23.2 Å². The molecule has 2 rings (SSSR count). The first-order valence-corrected chi connectivity index (χ1v) is 7.73. The molecule has 2 aromatic rings. The van der Waals surface area contributed by atoms with Crippen molar-refractivity contribution >= 4 is 33.0 Å². The Bertz CT molecular complexity index is 559. The quantitative estimate of drug-likeness (QED) is 0.796. The molecule has 0 spiro atoms. The van der Waals surface area contributed by atoms with Crippen molar-refractivity contribution < 1.29 is 14.6 Å². The highest BCUT2D eigenvalue weighted by atomic mass is 79.9. The van der Waals surface area contributed by atoms with Crippen molar-refractivity contribution in [2.45, 2.75) is 6.54 Å². The van der Waals surface area contributed by atoms with Gasteiger partial charge in [0.2, 0.25) is 0 Å². The van der Waals surface area contributed by atoms with Crippen LogP contribution in [-0.2, 0) is 6.54 Å². The second-order valence-corrected chi connectivity index (χ2v) is 6.54. The number of aliphatic hydroxyl groups is 1. The molecule has 0 aliphatic rings. The molecule has 1 aromatic heterocycles. The summed E-state index contributed by atoms with van der Waals surface area (Å²) >= 11 is 5.15. The molecule has 0 radical (unpaired) electrons. The number of rotatable bonds is 7. The van der Waals surface area contributed by atoms with Crippen LogP contribution in [0.15, 0.2) is 34.1 Å². The Morgan fingerprint density at radius 2 is 2.10 bits per heavy atom. The zero-order valence-corrected chi connectivity index (χ0v) is 13.5. The largest absolute Gasteiger partial charge is 0.493 e. The first-order valence-electron chi connectivity index (χ1n) is 6.12. The van der Waals surface area contributed by atoms with Gasteiger partial charge in [-0.05, 0) is 40.2 Å². The van der Waals surface area contributed by atoms with Crippen LogP contribution in [0.1, 0.15) is 4.88 Å². The topological polar surface area (TPSA) is 50.7 Å². The number of methoxy groups -OCH3 is 1. The van der Waals surface area contributed by atoms with Crippen LogP contribution < -0.4 is 14.8 Å². The van der Waals surface area contributed by atoms with Gasteiger partial charge in [0.05, 0.1) is 17.5 Å². The van der Waals surface area contributed by atoms with Crippen molar-refractivity contribution in [1.82, 2.24) is 0 Å². The van der Waals surface area contributed by atoms with Gasteiger partial charge < -0.3 is 19.9 Å². The Labute approximate surface area is 130 Å². The third-order valence-electron chi connectivity index (χ3n) is 2.61. The van der Waals surface area contributed by atoms with E-state index in [-0.39, 0.29) is 13.2 Å². The van der Waals surface area contributed by atoms with Crippen molar-refractivity contribution in [2.75, 3.05) is 25.6 Å². The summed E-state index contributed by atoms with van der Waals surface area (Å²) in [5, 5.41) is 12.2. The summed E-state index contributed by atoms with van der Waals surface area (Å²) in [4.78, 5) is 1.24. The summed E-state index contributed by atoms with van der Waals surface area (Å²) in [6.07, 6.45) is 0. The number of hydrogen-bond donors (Lipinski definition) is 2. The predicted molar refractivity (Wildman–Crippen MR) is 84.9 cm³/mol. The average molecular weight is 358 g/mol. The number of anilines is 1. The lowest BCUT2D eigenvalue weighted by molar-refractivity contribution is 0.196. The van der Waals surface area contributed by atoms with Crippen molar-refractivity contribution in [2.24, 2.45) is 0 Å². The highest BCUT2D eigenvalue weighted by molar-refractivity contribution is 9.11. The van der Waals surface area contributed by atoms with E-state index >= 15 is 0 Å². The molecule has 4 nitrogen and oxygen atoms in total. The van der Waals surface area contributed by atoms with Crippen molar-refractivity contribution in [1.29, 1.82) is 0 Å². The molecule has 0 bridgehead atoms. The number of hydrogen-bond acceptors (Lipinski definition) is 5. The SMILES string of the molecule is COc1ccc(NCc2ccc(Br)s2)cc1OCCO. The van der Waals surface area contributed by atoms with Gasteiger partial charge >= 0.3 is 0 Å². The summed E-state index contributed by atoms with van der Waals surface area (Å²) in [6, 6.07) is 9.77. The highest BCUT2D eigenvalue weighted by Gasteiger charge is 2.06. The molecule has 0 saturated heterocycles. The van der Waals surface area contributed by atoms with Crippen molar-refractivity contribution in [3.05, 3.63) is 39.0 Å². The summed E-state index contributed by atoms with van der Waals surface area (Å²) < 4.78 is 11.8. The normalized spacial score (nSPS) is 10.3. The van der Waals surface area contributed by atoms with Crippen LogP contribution in [0.3, 0.4) is 0 Å². The van der Waals surface area contributed by atoms with Gasteiger partial charge in [-0.3, -0.25) is 0 Å². The van der Waals surface area contributed by atoms with Gasteiger partial charge in [0.25, 0.3) is 0 Å². The zero-order chi connectivity index (χ0) is 14.4. The van der Waals surface area contributed by atoms with Gasteiger partial charge in [-0.2, -0.15) is 0 Å². The lowest BCUT2D eigenvalue weighted by Crippen LogP contribution is -2.04. The Hall–Kier alpha value is -1.24. The van der Waals surface area contributed by atoms with Gasteiger partial charge in [-0.1, -0.05) is 0 Å². The van der Waals surface area contributed by atoms with E-state index in [0.717, 1.165) is 16.0 Å². The van der Waals surface area contributed by atoms with E-state index < -0.39 is 0 Å². The maximum atomic E-state index is 8.83. The highest BCUT2D eigenvalue weighted by Crippen LogP contribution is 2.31. The van der Waals surface area contributed by atoms with Crippen LogP contribution in [0.5, 0.6) is 11.5 Å². The van der Waals surface area contributed by atoms with Gasteiger partial charge in [-0.25, -0.2) is 0 Å². The lowest BCUT2D eigenvalue weighted by atomic mass is 10.2. The van der Waals surface area contributed by atoms with Gasteiger partial charge in [-0.15, -0.1) is 11.3 Å². The molecule has 0 aliphatic carbocycles. The molecule has 1 aromatic carbocycles. The van der Waals surface area contributed by atoms with Crippen LogP contribution in [0.4, 0.5) is 5.69 Å². The number of nitrogens with one attached hydrogen (secondary N) is 1. The number of halogens is 1. The van der Waals surface area contributed by atoms with E-state index in [9.17, 15) is 0 Å². The Morgan fingerprint density at radius 3 is 2.75 bits per heavy atom. The van der Waals surface area contributed by atoms with Gasteiger partial charge in [0.15, 0.2) is 11.5 Å². The first kappa shape index (κ1) is 15.2. The number of benzene rings is 1. The molecular formula is C14H16BrNO3S. The van der Waals surface area contributed by atoms with E-state index in [0.29, 0.717) is 11.5 Å². The van der Waals surface area contributed by atoms with E-state index in [1.807, 2.05) is 24.3 Å². The number of ether oxygens (including phenoxy) is 2. The fourth-order valence-corrected chi connectivity index (χ4v) is 3.11. The molecule has 108 valence electrons. The van der Waals surface area contributed by atoms with Gasteiger partial charge in [0.1, 0.15) is 6.61 Å². The van der Waals surface area contributed by atoms with Crippen LogP contribution >= 0.6 is 27.3 Å². The average Bonchev–Trinajstić information content (AvgIpc) is 2.88. The Balaban J connectivity index is 2.03. The molecule has 1 heterocycles. The molecule has 0 saturated carbocycles. The molecular weight excluding hydrogens is 342 g/mol. The minimum atomic E-state index is -0.0238. The van der Waals surface area contributed by atoms with Crippen LogP contribution in [0, 0.1) is 0 Å². The fourth-order valence-electron chi connectivity index (χ4n) is 1.69. The summed E-state index contributed by atoms with van der Waals surface area (Å²) in [5.74, 6) is 1.28. The third-order valence-corrected chi connectivity index (χ3v) is 4.23. The second kappa shape index (κ2) is 7.52. The summed E-state index contributed by atoms with van der Waals surface area (Å²) in [6.45, 7) is 0.976. The summed E-state index contributed by atoms with van der Waals surface area (Å²) in [7, 11) is 1.59. The van der Waals surface area contributed by atoms with Crippen LogP contribution in [0.2, 0.25) is 0 Å². The summed E-state index contributed by atoms with van der Waals surface area (Å²) in [5.41, 5.74) is 0.947. The van der Waals surface area contributed by atoms with E-state index in [1.165, 1.54) is 4.88 Å². The van der Waals surface area contributed by atoms with Crippen LogP contribution in [-0.4, -0.2) is 25.4 Å². The molecule has 0 unspecified atom stereocenters. The minimum Gasteiger partial charge on any atom is -0.493 e. The van der Waals surface area contributed by atoms with E-state index in [2.05, 4.69) is 27.3 Å².